The molecule has 0 saturated carbocycles. The van der Waals surface area contributed by atoms with Gasteiger partial charge in [0.1, 0.15) is 5.69 Å². The first kappa shape index (κ1) is 15.0. The number of amides is 1. The second-order valence-electron chi connectivity index (χ2n) is 5.90. The molecule has 0 bridgehead atoms. The highest BCUT2D eigenvalue weighted by Gasteiger charge is 2.13. The number of aryl methyl sites for hydroxylation is 2. The molecular weight excluding hydrogens is 318 g/mol. The lowest BCUT2D eigenvalue weighted by Gasteiger charge is -2.16. The lowest BCUT2D eigenvalue weighted by molar-refractivity contribution is 0.102. The third kappa shape index (κ3) is 3.08. The monoisotopic (exact) mass is 335 g/mol. The molecule has 1 N–H and O–H groups in total. The van der Waals surface area contributed by atoms with Gasteiger partial charge < -0.3 is 0 Å². The average Bonchev–Trinajstić information content (AvgIpc) is 3.10. The average molecular weight is 335 g/mol. The number of nitrogens with one attached hydrogen (secondary N) is 1. The number of pyridine rings is 1. The molecule has 1 aliphatic carbocycles. The van der Waals surface area contributed by atoms with E-state index < -0.39 is 0 Å². The Kier molecular flexibility index (Phi) is 4.09. The number of carbonyl (C=O) groups excluding carboxylic acids is 1. The summed E-state index contributed by atoms with van der Waals surface area (Å²) < 4.78 is 0. The second kappa shape index (κ2) is 6.53. The van der Waals surface area contributed by atoms with Crippen LogP contribution < -0.4 is 5.32 Å². The van der Waals surface area contributed by atoms with Gasteiger partial charge in [-0.05, 0) is 55.0 Å². The molecular formula is C19H17N3OS. The highest BCUT2D eigenvalue weighted by Crippen LogP contribution is 2.29. The largest absolute Gasteiger partial charge is 0.296 e. The van der Waals surface area contributed by atoms with Crippen LogP contribution in [-0.4, -0.2) is 15.9 Å². The van der Waals surface area contributed by atoms with Crippen LogP contribution >= 0.6 is 11.3 Å². The number of anilines is 1. The van der Waals surface area contributed by atoms with E-state index in [4.69, 9.17) is 0 Å². The van der Waals surface area contributed by atoms with Gasteiger partial charge in [-0.15, -0.1) is 11.3 Å². The minimum Gasteiger partial charge on any atom is -0.296 e. The van der Waals surface area contributed by atoms with Crippen molar-refractivity contribution in [1.82, 2.24) is 9.97 Å². The Balaban J connectivity index is 1.53. The Labute approximate surface area is 144 Å². The fourth-order valence-corrected chi connectivity index (χ4v) is 3.73. The van der Waals surface area contributed by atoms with Crippen molar-refractivity contribution in [1.29, 1.82) is 0 Å². The molecule has 0 unspecified atom stereocenters. The summed E-state index contributed by atoms with van der Waals surface area (Å²) in [6, 6.07) is 11.9. The van der Waals surface area contributed by atoms with Crippen molar-refractivity contribution >= 4 is 22.4 Å². The van der Waals surface area contributed by atoms with E-state index in [1.807, 2.05) is 5.38 Å². The molecule has 4 nitrogen and oxygen atoms in total. The molecule has 1 aliphatic rings. The molecule has 1 amide bonds. The highest BCUT2D eigenvalue weighted by atomic mass is 32.1. The summed E-state index contributed by atoms with van der Waals surface area (Å²) in [5.74, 6) is -0.234. The molecule has 0 aliphatic heterocycles. The fraction of sp³-hybridized carbons (Fsp3) is 0.211. The predicted octanol–water partition coefficient (Wildman–Crippen LogP) is 4.34. The number of thiazole rings is 1. The quantitative estimate of drug-likeness (QED) is 0.775. The summed E-state index contributed by atoms with van der Waals surface area (Å²) in [5, 5.41) is 5.40. The molecule has 0 fully saturated rings. The van der Waals surface area contributed by atoms with E-state index in [-0.39, 0.29) is 5.91 Å². The van der Waals surface area contributed by atoms with E-state index in [1.54, 1.807) is 24.4 Å². The van der Waals surface area contributed by atoms with Crippen molar-refractivity contribution in [3.8, 4) is 11.3 Å². The predicted molar refractivity (Wildman–Crippen MR) is 96.4 cm³/mol. The Morgan fingerprint density at radius 1 is 1.08 bits per heavy atom. The SMILES string of the molecule is O=C(Nc1nc(-c2ccc3c(c2)CCCC3)cs1)c1ccccn1. The van der Waals surface area contributed by atoms with Crippen molar-refractivity contribution < 1.29 is 4.79 Å². The molecule has 4 rings (SSSR count). The van der Waals surface area contributed by atoms with Gasteiger partial charge in [-0.25, -0.2) is 4.98 Å². The first-order valence-electron chi connectivity index (χ1n) is 8.10. The van der Waals surface area contributed by atoms with Gasteiger partial charge in [0, 0.05) is 17.1 Å². The number of benzene rings is 1. The van der Waals surface area contributed by atoms with Gasteiger partial charge in [-0.3, -0.25) is 15.1 Å². The van der Waals surface area contributed by atoms with E-state index >= 15 is 0 Å². The van der Waals surface area contributed by atoms with E-state index in [1.165, 1.54) is 41.7 Å². The number of hydrogen-bond acceptors (Lipinski definition) is 4. The minimum atomic E-state index is -0.234. The molecule has 0 radical (unpaired) electrons. The third-order valence-electron chi connectivity index (χ3n) is 4.27. The van der Waals surface area contributed by atoms with Crippen molar-refractivity contribution in [2.24, 2.45) is 0 Å². The Morgan fingerprint density at radius 2 is 1.96 bits per heavy atom. The van der Waals surface area contributed by atoms with Gasteiger partial charge in [0.15, 0.2) is 5.13 Å². The lowest BCUT2D eigenvalue weighted by atomic mass is 9.90. The highest BCUT2D eigenvalue weighted by molar-refractivity contribution is 7.14. The van der Waals surface area contributed by atoms with Gasteiger partial charge in [0.05, 0.1) is 5.69 Å². The zero-order chi connectivity index (χ0) is 16.4. The molecule has 0 atom stereocenters. The maximum Gasteiger partial charge on any atom is 0.276 e. The number of rotatable bonds is 3. The summed E-state index contributed by atoms with van der Waals surface area (Å²) in [4.78, 5) is 20.8. The van der Waals surface area contributed by atoms with Crippen LogP contribution in [0.15, 0.2) is 48.0 Å². The summed E-state index contributed by atoms with van der Waals surface area (Å²) in [6.07, 6.45) is 6.48. The van der Waals surface area contributed by atoms with E-state index in [9.17, 15) is 4.79 Å². The van der Waals surface area contributed by atoms with Gasteiger partial charge >= 0.3 is 0 Å². The summed E-state index contributed by atoms with van der Waals surface area (Å²) in [6.45, 7) is 0. The van der Waals surface area contributed by atoms with Crippen LogP contribution in [0.5, 0.6) is 0 Å². The van der Waals surface area contributed by atoms with Crippen molar-refractivity contribution in [3.05, 3.63) is 64.8 Å². The first-order valence-corrected chi connectivity index (χ1v) is 8.98. The Morgan fingerprint density at radius 3 is 2.79 bits per heavy atom. The maximum atomic E-state index is 12.1. The zero-order valence-corrected chi connectivity index (χ0v) is 14.0. The third-order valence-corrected chi connectivity index (χ3v) is 5.02. The lowest BCUT2D eigenvalue weighted by Crippen LogP contribution is -2.13. The van der Waals surface area contributed by atoms with Crippen LogP contribution in [0, 0.1) is 0 Å². The topological polar surface area (TPSA) is 54.9 Å². The number of nitrogens with zero attached hydrogens (tertiary/aromatic N) is 2. The van der Waals surface area contributed by atoms with E-state index in [0.29, 0.717) is 10.8 Å². The summed E-state index contributed by atoms with van der Waals surface area (Å²) in [5.41, 5.74) is 5.31. The van der Waals surface area contributed by atoms with Gasteiger partial charge in [0.25, 0.3) is 5.91 Å². The standard InChI is InChI=1S/C19H17N3OS/c23-18(16-7-3-4-10-20-16)22-19-21-17(12-24-19)15-9-8-13-5-1-2-6-14(13)11-15/h3-4,7-12H,1-2,5-6H2,(H,21,22,23). The smallest absolute Gasteiger partial charge is 0.276 e. The van der Waals surface area contributed by atoms with Crippen LogP contribution in [0.4, 0.5) is 5.13 Å². The van der Waals surface area contributed by atoms with Gasteiger partial charge in [-0.1, -0.05) is 18.2 Å². The maximum absolute atomic E-state index is 12.1. The summed E-state index contributed by atoms with van der Waals surface area (Å²) >= 11 is 1.43. The number of fused-ring (bicyclic) bond motifs is 1. The van der Waals surface area contributed by atoms with Gasteiger partial charge in [-0.2, -0.15) is 0 Å². The molecule has 2 aromatic heterocycles. The molecule has 2 heterocycles. The van der Waals surface area contributed by atoms with Crippen LogP contribution in [0.2, 0.25) is 0 Å². The van der Waals surface area contributed by atoms with Crippen LogP contribution in [0.1, 0.15) is 34.5 Å². The van der Waals surface area contributed by atoms with E-state index in [2.05, 4.69) is 33.5 Å². The van der Waals surface area contributed by atoms with E-state index in [0.717, 1.165) is 17.7 Å². The number of carbonyl (C=O) groups is 1. The number of hydrogen-bond donors (Lipinski definition) is 1. The second-order valence-corrected chi connectivity index (χ2v) is 6.76. The fourth-order valence-electron chi connectivity index (χ4n) is 3.01. The Hall–Kier alpha value is -2.53. The van der Waals surface area contributed by atoms with Crippen LogP contribution in [0.25, 0.3) is 11.3 Å². The molecule has 120 valence electrons. The normalized spacial score (nSPS) is 13.3. The van der Waals surface area contributed by atoms with Crippen LogP contribution in [-0.2, 0) is 12.8 Å². The molecule has 5 heteroatoms. The molecule has 0 saturated heterocycles. The van der Waals surface area contributed by atoms with Gasteiger partial charge in [0.2, 0.25) is 0 Å². The zero-order valence-electron chi connectivity index (χ0n) is 13.2. The van der Waals surface area contributed by atoms with Crippen molar-refractivity contribution in [3.63, 3.8) is 0 Å². The van der Waals surface area contributed by atoms with Crippen molar-refractivity contribution in [2.45, 2.75) is 25.7 Å². The Bertz CT molecular complexity index is 873. The minimum absolute atomic E-state index is 0.234. The molecule has 3 aromatic rings. The molecule has 24 heavy (non-hydrogen) atoms. The first-order chi connectivity index (χ1) is 11.8. The molecule has 0 spiro atoms. The molecule has 1 aromatic carbocycles. The van der Waals surface area contributed by atoms with Crippen LogP contribution in [0.3, 0.4) is 0 Å². The number of aromatic nitrogens is 2. The van der Waals surface area contributed by atoms with Crippen molar-refractivity contribution in [2.75, 3.05) is 5.32 Å². The summed E-state index contributed by atoms with van der Waals surface area (Å²) in [7, 11) is 0.